The molecule has 2 rings (SSSR count). The van der Waals surface area contributed by atoms with Gasteiger partial charge in [-0.15, -0.1) is 0 Å². The number of aryl methyl sites for hydroxylation is 2. The summed E-state index contributed by atoms with van der Waals surface area (Å²) < 4.78 is 0. The highest BCUT2D eigenvalue weighted by atomic mass is 16.3. The van der Waals surface area contributed by atoms with E-state index in [0.717, 1.165) is 25.7 Å². The second-order valence-electron chi connectivity index (χ2n) is 4.58. The van der Waals surface area contributed by atoms with Gasteiger partial charge in [-0.05, 0) is 56.2 Å². The minimum Gasteiger partial charge on any atom is -0.390 e. The van der Waals surface area contributed by atoms with Crippen molar-refractivity contribution in [1.29, 1.82) is 0 Å². The van der Waals surface area contributed by atoms with Crippen LogP contribution in [0.25, 0.3) is 0 Å². The van der Waals surface area contributed by atoms with Crippen molar-refractivity contribution in [3.63, 3.8) is 0 Å². The molecule has 0 aromatic heterocycles. The highest BCUT2D eigenvalue weighted by Crippen LogP contribution is 2.39. The topological polar surface area (TPSA) is 20.2 Å². The van der Waals surface area contributed by atoms with Crippen LogP contribution in [0.2, 0.25) is 0 Å². The van der Waals surface area contributed by atoms with Gasteiger partial charge in [0.25, 0.3) is 0 Å². The predicted octanol–water partition coefficient (Wildman–Crippen LogP) is 2.76. The Hall–Kier alpha value is -0.820. The molecule has 0 radical (unpaired) electrons. The first-order valence-corrected chi connectivity index (χ1v) is 5.38. The molecule has 0 bridgehead atoms. The molecule has 1 nitrogen and oxygen atoms in total. The Labute approximate surface area is 85.8 Å². The molecule has 0 saturated heterocycles. The van der Waals surface area contributed by atoms with E-state index in [9.17, 15) is 5.11 Å². The molecule has 1 fully saturated rings. The first-order valence-electron chi connectivity index (χ1n) is 5.38. The fourth-order valence-corrected chi connectivity index (χ4v) is 1.84. The zero-order valence-corrected chi connectivity index (χ0v) is 9.01. The van der Waals surface area contributed by atoms with Crippen LogP contribution < -0.4 is 0 Å². The molecule has 1 aliphatic carbocycles. The van der Waals surface area contributed by atoms with Gasteiger partial charge in [0.1, 0.15) is 0 Å². The van der Waals surface area contributed by atoms with Gasteiger partial charge < -0.3 is 5.11 Å². The Morgan fingerprint density at radius 2 is 2.00 bits per heavy atom. The Morgan fingerprint density at radius 1 is 1.29 bits per heavy atom. The summed E-state index contributed by atoms with van der Waals surface area (Å²) in [5.41, 5.74) is 3.82. The smallest absolute Gasteiger partial charge is 0.0653 e. The standard InChI is InChI=1S/C13H18O/c1-10-4-3-5-12(11(10)2)6-7-13(14)8-9-13/h3-5,14H,6-9H2,1-2H3. The van der Waals surface area contributed by atoms with Gasteiger partial charge in [0.05, 0.1) is 5.60 Å². The number of aliphatic hydroxyl groups is 1. The van der Waals surface area contributed by atoms with Gasteiger partial charge in [-0.1, -0.05) is 18.2 Å². The zero-order valence-electron chi connectivity index (χ0n) is 9.01. The van der Waals surface area contributed by atoms with E-state index < -0.39 is 0 Å². The van der Waals surface area contributed by atoms with Gasteiger partial charge >= 0.3 is 0 Å². The van der Waals surface area contributed by atoms with E-state index in [4.69, 9.17) is 0 Å². The van der Waals surface area contributed by atoms with E-state index in [1.165, 1.54) is 16.7 Å². The summed E-state index contributed by atoms with van der Waals surface area (Å²) in [7, 11) is 0. The van der Waals surface area contributed by atoms with Crippen molar-refractivity contribution in [2.24, 2.45) is 0 Å². The van der Waals surface area contributed by atoms with Crippen molar-refractivity contribution in [1.82, 2.24) is 0 Å². The third kappa shape index (κ3) is 1.98. The number of benzene rings is 1. The monoisotopic (exact) mass is 190 g/mol. The quantitative estimate of drug-likeness (QED) is 0.777. The maximum atomic E-state index is 9.75. The summed E-state index contributed by atoms with van der Waals surface area (Å²) in [5.74, 6) is 0. The lowest BCUT2D eigenvalue weighted by molar-refractivity contribution is 0.140. The summed E-state index contributed by atoms with van der Waals surface area (Å²) in [6, 6.07) is 6.42. The maximum absolute atomic E-state index is 9.75. The summed E-state index contributed by atoms with van der Waals surface area (Å²) in [4.78, 5) is 0. The lowest BCUT2D eigenvalue weighted by Crippen LogP contribution is -2.08. The third-order valence-electron chi connectivity index (χ3n) is 3.40. The van der Waals surface area contributed by atoms with Gasteiger partial charge in [0, 0.05) is 0 Å². The molecule has 1 heteroatoms. The molecule has 0 amide bonds. The Kier molecular flexibility index (Phi) is 2.36. The van der Waals surface area contributed by atoms with E-state index in [0.29, 0.717) is 0 Å². The van der Waals surface area contributed by atoms with Crippen molar-refractivity contribution in [2.75, 3.05) is 0 Å². The van der Waals surface area contributed by atoms with Gasteiger partial charge in [-0.25, -0.2) is 0 Å². The molecule has 76 valence electrons. The fourth-order valence-electron chi connectivity index (χ4n) is 1.84. The molecule has 1 aromatic rings. The molecule has 1 aliphatic rings. The SMILES string of the molecule is Cc1cccc(CCC2(O)CC2)c1C. The van der Waals surface area contributed by atoms with Crippen LogP contribution in [0.15, 0.2) is 18.2 Å². The van der Waals surface area contributed by atoms with Crippen LogP contribution in [-0.4, -0.2) is 10.7 Å². The molecule has 1 saturated carbocycles. The minimum atomic E-state index is -0.309. The highest BCUT2D eigenvalue weighted by Gasteiger charge is 2.39. The number of rotatable bonds is 3. The fraction of sp³-hybridized carbons (Fsp3) is 0.538. The zero-order chi connectivity index (χ0) is 10.2. The number of hydrogen-bond acceptors (Lipinski definition) is 1. The van der Waals surface area contributed by atoms with Crippen LogP contribution in [0.5, 0.6) is 0 Å². The van der Waals surface area contributed by atoms with Crippen molar-refractivity contribution < 1.29 is 5.11 Å². The second-order valence-corrected chi connectivity index (χ2v) is 4.58. The molecule has 0 heterocycles. The summed E-state index contributed by atoms with van der Waals surface area (Å²) in [5, 5.41) is 9.75. The lowest BCUT2D eigenvalue weighted by Gasteiger charge is -2.11. The molecule has 1 aromatic carbocycles. The Morgan fingerprint density at radius 3 is 2.64 bits per heavy atom. The molecule has 0 aliphatic heterocycles. The largest absolute Gasteiger partial charge is 0.390 e. The molecular formula is C13H18O. The highest BCUT2D eigenvalue weighted by molar-refractivity contribution is 5.33. The van der Waals surface area contributed by atoms with Gasteiger partial charge in [-0.3, -0.25) is 0 Å². The average molecular weight is 190 g/mol. The van der Waals surface area contributed by atoms with E-state index >= 15 is 0 Å². The summed E-state index contributed by atoms with van der Waals surface area (Å²) >= 11 is 0. The third-order valence-corrected chi connectivity index (χ3v) is 3.40. The molecule has 14 heavy (non-hydrogen) atoms. The van der Waals surface area contributed by atoms with Crippen molar-refractivity contribution in [2.45, 2.75) is 45.1 Å². The Balaban J connectivity index is 2.05. The lowest BCUT2D eigenvalue weighted by atomic mass is 9.98. The molecular weight excluding hydrogens is 172 g/mol. The number of hydrogen-bond donors (Lipinski definition) is 1. The normalized spacial score (nSPS) is 18.2. The summed E-state index contributed by atoms with van der Waals surface area (Å²) in [6.45, 7) is 4.31. The van der Waals surface area contributed by atoms with E-state index in [-0.39, 0.29) is 5.60 Å². The summed E-state index contributed by atoms with van der Waals surface area (Å²) in [6.07, 6.45) is 3.94. The molecule has 0 spiro atoms. The van der Waals surface area contributed by atoms with Crippen LogP contribution in [0.3, 0.4) is 0 Å². The van der Waals surface area contributed by atoms with Crippen LogP contribution in [0, 0.1) is 13.8 Å². The van der Waals surface area contributed by atoms with E-state index in [1.807, 2.05) is 0 Å². The molecule has 1 N–H and O–H groups in total. The van der Waals surface area contributed by atoms with Gasteiger partial charge in [-0.2, -0.15) is 0 Å². The van der Waals surface area contributed by atoms with Crippen LogP contribution in [0.4, 0.5) is 0 Å². The van der Waals surface area contributed by atoms with Crippen LogP contribution in [-0.2, 0) is 6.42 Å². The van der Waals surface area contributed by atoms with E-state index in [1.54, 1.807) is 0 Å². The average Bonchev–Trinajstić information content (AvgIpc) is 2.88. The predicted molar refractivity (Wildman–Crippen MR) is 58.4 cm³/mol. The Bertz CT molecular complexity index is 337. The van der Waals surface area contributed by atoms with E-state index in [2.05, 4.69) is 32.0 Å². The van der Waals surface area contributed by atoms with Crippen molar-refractivity contribution in [3.8, 4) is 0 Å². The second kappa shape index (κ2) is 3.39. The molecule has 0 atom stereocenters. The van der Waals surface area contributed by atoms with Crippen LogP contribution in [0.1, 0.15) is 36.0 Å². The van der Waals surface area contributed by atoms with Gasteiger partial charge in [0.15, 0.2) is 0 Å². The maximum Gasteiger partial charge on any atom is 0.0653 e. The van der Waals surface area contributed by atoms with Crippen molar-refractivity contribution >= 4 is 0 Å². The van der Waals surface area contributed by atoms with Gasteiger partial charge in [0.2, 0.25) is 0 Å². The molecule has 0 unspecified atom stereocenters. The van der Waals surface area contributed by atoms with Crippen molar-refractivity contribution in [3.05, 3.63) is 34.9 Å². The first kappa shape index (κ1) is 9.72. The first-order chi connectivity index (χ1) is 6.61. The minimum absolute atomic E-state index is 0.309. The van der Waals surface area contributed by atoms with Crippen LogP contribution >= 0.6 is 0 Å².